The van der Waals surface area contributed by atoms with E-state index in [1.807, 2.05) is 42.2 Å². The Morgan fingerprint density at radius 1 is 1.03 bits per heavy atom. The normalized spacial score (nSPS) is 21.7. The van der Waals surface area contributed by atoms with Gasteiger partial charge in [0.25, 0.3) is 0 Å². The Hall–Kier alpha value is -2.13. The Labute approximate surface area is 191 Å². The quantitative estimate of drug-likeness (QED) is 0.618. The molecule has 1 aromatic carbocycles. The van der Waals surface area contributed by atoms with E-state index in [1.165, 1.54) is 0 Å². The first-order valence-corrected chi connectivity index (χ1v) is 13.4. The standard InChI is InChI=1S/C23H34N4O4S/c1-2-3-17-32(30,31)26-15-11-23(12-16-26)22(29)25(18-21(28)24-13-7-8-14-24)19-27(23)20-9-5-4-6-10-20/h4-6,9-10H,2-3,7-8,11-19H2,1H3. The molecule has 0 aliphatic carbocycles. The van der Waals surface area contributed by atoms with E-state index in [9.17, 15) is 18.0 Å². The Morgan fingerprint density at radius 2 is 1.69 bits per heavy atom. The average Bonchev–Trinajstić information content (AvgIpc) is 3.43. The maximum atomic E-state index is 13.7. The summed E-state index contributed by atoms with van der Waals surface area (Å²) in [4.78, 5) is 32.1. The van der Waals surface area contributed by atoms with E-state index in [1.54, 1.807) is 9.21 Å². The van der Waals surface area contributed by atoms with Crippen molar-refractivity contribution in [3.8, 4) is 0 Å². The van der Waals surface area contributed by atoms with Gasteiger partial charge in [-0.1, -0.05) is 31.5 Å². The monoisotopic (exact) mass is 462 g/mol. The van der Waals surface area contributed by atoms with Gasteiger partial charge < -0.3 is 14.7 Å². The highest BCUT2D eigenvalue weighted by molar-refractivity contribution is 7.89. The predicted molar refractivity (Wildman–Crippen MR) is 124 cm³/mol. The number of carbonyl (C=O) groups excluding carboxylic acids is 2. The van der Waals surface area contributed by atoms with Crippen molar-refractivity contribution in [3.63, 3.8) is 0 Å². The third-order valence-electron chi connectivity index (χ3n) is 7.07. The Morgan fingerprint density at radius 3 is 2.31 bits per heavy atom. The van der Waals surface area contributed by atoms with Gasteiger partial charge in [0.2, 0.25) is 21.8 Å². The molecule has 3 saturated heterocycles. The number of hydrogen-bond acceptors (Lipinski definition) is 5. The number of unbranched alkanes of at least 4 members (excludes halogenated alkanes) is 1. The molecule has 8 nitrogen and oxygen atoms in total. The number of rotatable bonds is 7. The minimum absolute atomic E-state index is 0.000455. The maximum Gasteiger partial charge on any atom is 0.250 e. The number of anilines is 1. The van der Waals surface area contributed by atoms with E-state index in [4.69, 9.17) is 0 Å². The molecule has 3 aliphatic heterocycles. The maximum absolute atomic E-state index is 13.7. The van der Waals surface area contributed by atoms with Gasteiger partial charge in [0, 0.05) is 31.9 Å². The van der Waals surface area contributed by atoms with Crippen LogP contribution in [-0.4, -0.2) is 85.0 Å². The van der Waals surface area contributed by atoms with Crippen molar-refractivity contribution in [3.05, 3.63) is 30.3 Å². The summed E-state index contributed by atoms with van der Waals surface area (Å²) in [5, 5.41) is 0. The van der Waals surface area contributed by atoms with Crippen LogP contribution in [0, 0.1) is 0 Å². The summed E-state index contributed by atoms with van der Waals surface area (Å²) in [6, 6.07) is 9.77. The number of nitrogens with zero attached hydrogens (tertiary/aromatic N) is 4. The third kappa shape index (κ3) is 4.37. The van der Waals surface area contributed by atoms with Crippen molar-refractivity contribution in [1.29, 1.82) is 0 Å². The van der Waals surface area contributed by atoms with Gasteiger partial charge in [-0.05, 0) is 44.2 Å². The number of amides is 2. The zero-order valence-corrected chi connectivity index (χ0v) is 19.7. The van der Waals surface area contributed by atoms with Crippen LogP contribution in [-0.2, 0) is 19.6 Å². The van der Waals surface area contributed by atoms with Gasteiger partial charge in [-0.25, -0.2) is 12.7 Å². The summed E-state index contributed by atoms with van der Waals surface area (Å²) in [7, 11) is -3.31. The Balaban J connectivity index is 1.54. The molecule has 0 saturated carbocycles. The molecule has 9 heteroatoms. The molecule has 1 spiro atoms. The van der Waals surface area contributed by atoms with Gasteiger partial charge in [-0.15, -0.1) is 0 Å². The zero-order chi connectivity index (χ0) is 22.8. The first-order valence-electron chi connectivity index (χ1n) is 11.7. The van der Waals surface area contributed by atoms with E-state index in [0.717, 1.165) is 38.0 Å². The van der Waals surface area contributed by atoms with E-state index in [2.05, 4.69) is 4.90 Å². The number of piperidine rings is 1. The van der Waals surface area contributed by atoms with E-state index < -0.39 is 15.6 Å². The van der Waals surface area contributed by atoms with Crippen LogP contribution >= 0.6 is 0 Å². The van der Waals surface area contributed by atoms with Gasteiger partial charge in [-0.3, -0.25) is 9.59 Å². The number of para-hydroxylation sites is 1. The van der Waals surface area contributed by atoms with Crippen LogP contribution in [0.4, 0.5) is 5.69 Å². The lowest BCUT2D eigenvalue weighted by atomic mass is 9.86. The summed E-state index contributed by atoms with van der Waals surface area (Å²) < 4.78 is 27.0. The Bertz CT molecular complexity index is 923. The highest BCUT2D eigenvalue weighted by Gasteiger charge is 2.55. The highest BCUT2D eigenvalue weighted by Crippen LogP contribution is 2.40. The molecule has 3 aliphatic rings. The van der Waals surface area contributed by atoms with Crippen LogP contribution in [0.3, 0.4) is 0 Å². The van der Waals surface area contributed by atoms with Crippen LogP contribution in [0.25, 0.3) is 0 Å². The van der Waals surface area contributed by atoms with Crippen LogP contribution < -0.4 is 4.90 Å². The SMILES string of the molecule is CCCCS(=O)(=O)N1CCC2(CC1)C(=O)N(CC(=O)N1CCCC1)CN2c1ccccc1. The predicted octanol–water partition coefficient (Wildman–Crippen LogP) is 1.88. The molecule has 0 bridgehead atoms. The fourth-order valence-electron chi connectivity index (χ4n) is 5.14. The topological polar surface area (TPSA) is 81.2 Å². The minimum Gasteiger partial charge on any atom is -0.341 e. The molecular formula is C23H34N4O4S. The zero-order valence-electron chi connectivity index (χ0n) is 18.9. The number of sulfonamides is 1. The first kappa shape index (κ1) is 23.0. The van der Waals surface area contributed by atoms with E-state index in [0.29, 0.717) is 39.0 Å². The highest BCUT2D eigenvalue weighted by atomic mass is 32.2. The lowest BCUT2D eigenvalue weighted by Gasteiger charge is -2.42. The lowest BCUT2D eigenvalue weighted by Crippen LogP contribution is -2.57. The Kier molecular flexibility index (Phi) is 6.76. The lowest BCUT2D eigenvalue weighted by molar-refractivity contribution is -0.140. The molecule has 0 aromatic heterocycles. The van der Waals surface area contributed by atoms with Crippen molar-refractivity contribution in [1.82, 2.24) is 14.1 Å². The van der Waals surface area contributed by atoms with Gasteiger partial charge in [-0.2, -0.15) is 0 Å². The molecule has 4 rings (SSSR count). The summed E-state index contributed by atoms with van der Waals surface area (Å²) >= 11 is 0. The van der Waals surface area contributed by atoms with Crippen molar-refractivity contribution in [2.24, 2.45) is 0 Å². The molecule has 1 aromatic rings. The number of hydrogen-bond donors (Lipinski definition) is 0. The van der Waals surface area contributed by atoms with Crippen molar-refractivity contribution >= 4 is 27.5 Å². The number of benzene rings is 1. The third-order valence-corrected chi connectivity index (χ3v) is 9.02. The van der Waals surface area contributed by atoms with Crippen molar-refractivity contribution in [2.45, 2.75) is 51.0 Å². The van der Waals surface area contributed by atoms with Crippen LogP contribution in [0.15, 0.2) is 30.3 Å². The fourth-order valence-corrected chi connectivity index (χ4v) is 6.79. The van der Waals surface area contributed by atoms with Gasteiger partial charge in [0.05, 0.1) is 12.4 Å². The smallest absolute Gasteiger partial charge is 0.250 e. The first-order chi connectivity index (χ1) is 15.4. The molecule has 2 amide bonds. The van der Waals surface area contributed by atoms with Gasteiger partial charge in [0.1, 0.15) is 12.1 Å². The molecule has 176 valence electrons. The van der Waals surface area contributed by atoms with Crippen LogP contribution in [0.2, 0.25) is 0 Å². The molecule has 3 heterocycles. The fraction of sp³-hybridized carbons (Fsp3) is 0.652. The van der Waals surface area contributed by atoms with E-state index in [-0.39, 0.29) is 24.1 Å². The summed E-state index contributed by atoms with van der Waals surface area (Å²) in [6.07, 6.45) is 4.37. The number of carbonyl (C=O) groups is 2. The van der Waals surface area contributed by atoms with Gasteiger partial charge in [0.15, 0.2) is 0 Å². The molecule has 0 N–H and O–H groups in total. The summed E-state index contributed by atoms with van der Waals surface area (Å²) in [6.45, 7) is 4.60. The van der Waals surface area contributed by atoms with Gasteiger partial charge >= 0.3 is 0 Å². The second-order valence-corrected chi connectivity index (χ2v) is 11.2. The number of likely N-dealkylation sites (tertiary alicyclic amines) is 1. The molecule has 0 unspecified atom stereocenters. The summed E-state index contributed by atoms with van der Waals surface area (Å²) in [5.74, 6) is 0.101. The molecule has 0 radical (unpaired) electrons. The average molecular weight is 463 g/mol. The van der Waals surface area contributed by atoms with Crippen molar-refractivity contribution < 1.29 is 18.0 Å². The molecule has 32 heavy (non-hydrogen) atoms. The second kappa shape index (κ2) is 9.39. The summed E-state index contributed by atoms with van der Waals surface area (Å²) in [5.41, 5.74) is 0.128. The van der Waals surface area contributed by atoms with Crippen molar-refractivity contribution in [2.75, 3.05) is 50.0 Å². The largest absolute Gasteiger partial charge is 0.341 e. The second-order valence-electron chi connectivity index (χ2n) is 9.10. The van der Waals surface area contributed by atoms with Crippen LogP contribution in [0.1, 0.15) is 45.4 Å². The molecule has 3 fully saturated rings. The molecular weight excluding hydrogens is 428 g/mol. The minimum atomic E-state index is -3.31. The van der Waals surface area contributed by atoms with Crippen LogP contribution in [0.5, 0.6) is 0 Å². The van der Waals surface area contributed by atoms with E-state index >= 15 is 0 Å². The molecule has 0 atom stereocenters.